The van der Waals surface area contributed by atoms with Gasteiger partial charge in [-0.25, -0.2) is 0 Å². The fraction of sp³-hybridized carbons (Fsp3) is 0.900. The van der Waals surface area contributed by atoms with E-state index in [0.717, 1.165) is 19.0 Å². The highest BCUT2D eigenvalue weighted by molar-refractivity contribution is 5.75. The molecular formula is C10H21NO. The molecule has 0 aliphatic rings. The molecule has 0 fully saturated rings. The zero-order valence-corrected chi connectivity index (χ0v) is 8.52. The van der Waals surface area contributed by atoms with Crippen LogP contribution in [0.5, 0.6) is 0 Å². The Kier molecular flexibility index (Phi) is 7.06. The van der Waals surface area contributed by atoms with E-state index < -0.39 is 0 Å². The van der Waals surface area contributed by atoms with E-state index in [1.165, 1.54) is 12.8 Å². The second-order valence-corrected chi connectivity index (χ2v) is 3.74. The summed E-state index contributed by atoms with van der Waals surface area (Å²) >= 11 is 0. The van der Waals surface area contributed by atoms with Gasteiger partial charge >= 0.3 is 0 Å². The van der Waals surface area contributed by atoms with Crippen LogP contribution in [0.25, 0.3) is 0 Å². The van der Waals surface area contributed by atoms with Crippen LogP contribution in [0.1, 0.15) is 40.0 Å². The number of carbonyl (C=O) groups is 1. The molecule has 0 aromatic carbocycles. The Bertz CT molecular complexity index is 121. The Labute approximate surface area is 75.7 Å². The van der Waals surface area contributed by atoms with E-state index in [2.05, 4.69) is 19.2 Å². The molecule has 0 bridgehead atoms. The number of carbonyl (C=O) groups excluding carboxylic acids is 1. The second kappa shape index (κ2) is 7.29. The molecule has 2 nitrogen and oxygen atoms in total. The van der Waals surface area contributed by atoms with Gasteiger partial charge in [-0.15, -0.1) is 0 Å². The minimum absolute atomic E-state index is 0.270. The van der Waals surface area contributed by atoms with Crippen LogP contribution < -0.4 is 5.32 Å². The summed E-state index contributed by atoms with van der Waals surface area (Å²) in [6, 6.07) is 0. The lowest BCUT2D eigenvalue weighted by atomic mass is 10.1. The number of hydrogen-bond donors (Lipinski definition) is 1. The quantitative estimate of drug-likeness (QED) is 0.593. The van der Waals surface area contributed by atoms with Crippen LogP contribution >= 0.6 is 0 Å². The number of rotatable bonds is 7. The van der Waals surface area contributed by atoms with Gasteiger partial charge in [0, 0.05) is 13.0 Å². The number of hydrogen-bond acceptors (Lipinski definition) is 2. The van der Waals surface area contributed by atoms with Crippen LogP contribution in [0, 0.1) is 5.92 Å². The van der Waals surface area contributed by atoms with Gasteiger partial charge in [-0.1, -0.05) is 13.8 Å². The van der Waals surface area contributed by atoms with Crippen molar-refractivity contribution in [1.82, 2.24) is 5.32 Å². The lowest BCUT2D eigenvalue weighted by Gasteiger charge is -2.05. The van der Waals surface area contributed by atoms with Gasteiger partial charge in [-0.2, -0.15) is 0 Å². The predicted octanol–water partition coefficient (Wildman–Crippen LogP) is 1.99. The standard InChI is InChI=1S/C10H21NO/c1-9(2)5-4-7-11-8-6-10(3)12/h9,11H,4-8H2,1-3H3. The van der Waals surface area contributed by atoms with E-state index in [9.17, 15) is 4.79 Å². The third kappa shape index (κ3) is 9.63. The Morgan fingerprint density at radius 2 is 2.00 bits per heavy atom. The van der Waals surface area contributed by atoms with Crippen molar-refractivity contribution in [2.45, 2.75) is 40.0 Å². The highest BCUT2D eigenvalue weighted by Crippen LogP contribution is 2.01. The van der Waals surface area contributed by atoms with Crippen LogP contribution in [0.3, 0.4) is 0 Å². The summed E-state index contributed by atoms with van der Waals surface area (Å²) in [4.78, 5) is 10.5. The average Bonchev–Trinajstić information content (AvgIpc) is 1.95. The number of nitrogens with one attached hydrogen (secondary N) is 1. The van der Waals surface area contributed by atoms with E-state index in [1.807, 2.05) is 0 Å². The van der Waals surface area contributed by atoms with E-state index in [1.54, 1.807) is 6.92 Å². The van der Waals surface area contributed by atoms with Gasteiger partial charge < -0.3 is 5.32 Å². The van der Waals surface area contributed by atoms with Crippen LogP contribution in [0.15, 0.2) is 0 Å². The first-order valence-corrected chi connectivity index (χ1v) is 4.83. The Balaban J connectivity index is 2.96. The second-order valence-electron chi connectivity index (χ2n) is 3.74. The van der Waals surface area contributed by atoms with Crippen molar-refractivity contribution in [1.29, 1.82) is 0 Å². The molecule has 0 saturated carbocycles. The molecule has 12 heavy (non-hydrogen) atoms. The Morgan fingerprint density at radius 3 is 2.50 bits per heavy atom. The van der Waals surface area contributed by atoms with Crippen LogP contribution in [0.2, 0.25) is 0 Å². The van der Waals surface area contributed by atoms with Crippen LogP contribution in [0.4, 0.5) is 0 Å². The van der Waals surface area contributed by atoms with Crippen LogP contribution in [-0.4, -0.2) is 18.9 Å². The van der Waals surface area contributed by atoms with Gasteiger partial charge in [-0.05, 0) is 32.2 Å². The summed E-state index contributed by atoms with van der Waals surface area (Å²) < 4.78 is 0. The molecular weight excluding hydrogens is 150 g/mol. The van der Waals surface area contributed by atoms with Crippen molar-refractivity contribution in [2.75, 3.05) is 13.1 Å². The lowest BCUT2D eigenvalue weighted by molar-refractivity contribution is -0.116. The normalized spacial score (nSPS) is 10.7. The topological polar surface area (TPSA) is 29.1 Å². The first-order valence-electron chi connectivity index (χ1n) is 4.83. The number of Topliss-reactive ketones (excluding diaryl/α,β-unsaturated/α-hetero) is 1. The van der Waals surface area contributed by atoms with E-state index >= 15 is 0 Å². The molecule has 1 N–H and O–H groups in total. The minimum atomic E-state index is 0.270. The molecule has 0 heterocycles. The largest absolute Gasteiger partial charge is 0.316 e. The molecule has 0 aromatic heterocycles. The van der Waals surface area contributed by atoms with Crippen molar-refractivity contribution < 1.29 is 4.79 Å². The monoisotopic (exact) mass is 171 g/mol. The first-order chi connectivity index (χ1) is 5.63. The van der Waals surface area contributed by atoms with Gasteiger partial charge in [0.1, 0.15) is 5.78 Å². The molecule has 2 heteroatoms. The van der Waals surface area contributed by atoms with E-state index in [4.69, 9.17) is 0 Å². The molecule has 0 unspecified atom stereocenters. The maximum Gasteiger partial charge on any atom is 0.131 e. The van der Waals surface area contributed by atoms with Crippen molar-refractivity contribution >= 4 is 5.78 Å². The molecule has 0 rings (SSSR count). The van der Waals surface area contributed by atoms with Crippen molar-refractivity contribution in [2.24, 2.45) is 5.92 Å². The number of ketones is 1. The van der Waals surface area contributed by atoms with E-state index in [0.29, 0.717) is 6.42 Å². The van der Waals surface area contributed by atoms with Crippen LogP contribution in [-0.2, 0) is 4.79 Å². The summed E-state index contributed by atoms with van der Waals surface area (Å²) in [5.74, 6) is 1.06. The molecule has 0 spiro atoms. The summed E-state index contributed by atoms with van der Waals surface area (Å²) in [6.07, 6.45) is 3.16. The summed E-state index contributed by atoms with van der Waals surface area (Å²) in [5.41, 5.74) is 0. The van der Waals surface area contributed by atoms with Crippen molar-refractivity contribution in [3.05, 3.63) is 0 Å². The molecule has 0 aliphatic heterocycles. The minimum Gasteiger partial charge on any atom is -0.316 e. The van der Waals surface area contributed by atoms with Gasteiger partial charge in [0.25, 0.3) is 0 Å². The average molecular weight is 171 g/mol. The molecule has 0 aromatic rings. The van der Waals surface area contributed by atoms with Crippen molar-refractivity contribution in [3.8, 4) is 0 Å². The third-order valence-corrected chi connectivity index (χ3v) is 1.79. The first kappa shape index (κ1) is 11.6. The van der Waals surface area contributed by atoms with Gasteiger partial charge in [0.15, 0.2) is 0 Å². The zero-order valence-electron chi connectivity index (χ0n) is 8.52. The third-order valence-electron chi connectivity index (χ3n) is 1.79. The Hall–Kier alpha value is -0.370. The van der Waals surface area contributed by atoms with E-state index in [-0.39, 0.29) is 5.78 Å². The molecule has 0 radical (unpaired) electrons. The predicted molar refractivity (Wildman–Crippen MR) is 52.2 cm³/mol. The van der Waals surface area contributed by atoms with Gasteiger partial charge in [0.05, 0.1) is 0 Å². The highest BCUT2D eigenvalue weighted by Gasteiger charge is 1.94. The molecule has 72 valence electrons. The molecule has 0 amide bonds. The molecule has 0 atom stereocenters. The highest BCUT2D eigenvalue weighted by atomic mass is 16.1. The summed E-state index contributed by atoms with van der Waals surface area (Å²) in [5, 5.41) is 3.25. The Morgan fingerprint density at radius 1 is 1.33 bits per heavy atom. The lowest BCUT2D eigenvalue weighted by Crippen LogP contribution is -2.18. The molecule has 0 saturated heterocycles. The van der Waals surface area contributed by atoms with Gasteiger partial charge in [-0.3, -0.25) is 4.79 Å². The smallest absolute Gasteiger partial charge is 0.131 e. The fourth-order valence-electron chi connectivity index (χ4n) is 1.02. The summed E-state index contributed by atoms with van der Waals surface area (Å²) in [6.45, 7) is 7.99. The SMILES string of the molecule is CC(=O)CCNCCCC(C)C. The van der Waals surface area contributed by atoms with Crippen molar-refractivity contribution in [3.63, 3.8) is 0 Å². The fourth-order valence-corrected chi connectivity index (χ4v) is 1.02. The van der Waals surface area contributed by atoms with Gasteiger partial charge in [0.2, 0.25) is 0 Å². The zero-order chi connectivity index (χ0) is 9.40. The summed E-state index contributed by atoms with van der Waals surface area (Å²) in [7, 11) is 0. The maximum absolute atomic E-state index is 10.5. The maximum atomic E-state index is 10.5. The molecule has 0 aliphatic carbocycles.